The van der Waals surface area contributed by atoms with Gasteiger partial charge in [-0.2, -0.15) is 0 Å². The Labute approximate surface area is 156 Å². The Morgan fingerprint density at radius 2 is 2.08 bits per heavy atom. The third-order valence-electron chi connectivity index (χ3n) is 5.39. The monoisotopic (exact) mass is 358 g/mol. The second-order valence-electron chi connectivity index (χ2n) is 7.48. The molecular formula is C20H30N4O2. The lowest BCUT2D eigenvalue weighted by atomic mass is 9.96. The molecule has 1 amide bonds. The molecular weight excluding hydrogens is 328 g/mol. The van der Waals surface area contributed by atoms with Gasteiger partial charge in [0.25, 0.3) is 5.91 Å². The Bertz CT molecular complexity index is 666. The summed E-state index contributed by atoms with van der Waals surface area (Å²) in [5.74, 6) is 0.530. The third-order valence-corrected chi connectivity index (χ3v) is 5.39. The Balaban J connectivity index is 1.38. The van der Waals surface area contributed by atoms with E-state index < -0.39 is 0 Å². The van der Waals surface area contributed by atoms with Crippen LogP contribution in [0.1, 0.15) is 54.4 Å². The van der Waals surface area contributed by atoms with Crippen molar-refractivity contribution >= 4 is 11.6 Å². The van der Waals surface area contributed by atoms with E-state index in [0.717, 1.165) is 63.3 Å². The van der Waals surface area contributed by atoms with Crippen LogP contribution in [0.3, 0.4) is 0 Å². The first kappa shape index (κ1) is 18.8. The van der Waals surface area contributed by atoms with E-state index in [-0.39, 0.29) is 12.0 Å². The zero-order valence-corrected chi connectivity index (χ0v) is 16.1. The standard InChI is InChI=1S/C20H30N4O2/c1-4-17-11-18(26-23-17)13-24-9-7-16(8-10-24)12-21-20(25)19-6-5-14(2)22-15(19)3/h5-6,16,18H,4,7-13H2,1-3H3,(H,21,25). The van der Waals surface area contributed by atoms with Gasteiger partial charge in [-0.3, -0.25) is 14.7 Å². The van der Waals surface area contributed by atoms with Gasteiger partial charge in [-0.15, -0.1) is 0 Å². The number of nitrogens with one attached hydrogen (secondary N) is 1. The summed E-state index contributed by atoms with van der Waals surface area (Å²) < 4.78 is 0. The van der Waals surface area contributed by atoms with Gasteiger partial charge in [-0.05, 0) is 64.3 Å². The van der Waals surface area contributed by atoms with Gasteiger partial charge in [0.2, 0.25) is 0 Å². The summed E-state index contributed by atoms with van der Waals surface area (Å²) in [6.45, 7) is 9.77. The van der Waals surface area contributed by atoms with Crippen LogP contribution >= 0.6 is 0 Å². The lowest BCUT2D eigenvalue weighted by Crippen LogP contribution is -2.41. The third kappa shape index (κ3) is 4.81. The van der Waals surface area contributed by atoms with Gasteiger partial charge in [-0.25, -0.2) is 0 Å². The quantitative estimate of drug-likeness (QED) is 0.849. The van der Waals surface area contributed by atoms with Crippen molar-refractivity contribution in [1.82, 2.24) is 15.2 Å². The zero-order chi connectivity index (χ0) is 18.5. The second-order valence-corrected chi connectivity index (χ2v) is 7.48. The number of aryl methyl sites for hydroxylation is 2. The molecule has 1 aromatic rings. The molecule has 6 nitrogen and oxygen atoms in total. The van der Waals surface area contributed by atoms with Crippen molar-refractivity contribution in [2.45, 2.75) is 52.6 Å². The molecule has 2 aliphatic heterocycles. The smallest absolute Gasteiger partial charge is 0.253 e. The van der Waals surface area contributed by atoms with Crippen molar-refractivity contribution in [3.63, 3.8) is 0 Å². The minimum atomic E-state index is -0.0129. The van der Waals surface area contributed by atoms with Crippen molar-refractivity contribution in [3.05, 3.63) is 29.1 Å². The van der Waals surface area contributed by atoms with Crippen LogP contribution in [0.4, 0.5) is 0 Å². The van der Waals surface area contributed by atoms with Crippen LogP contribution in [0.15, 0.2) is 17.3 Å². The summed E-state index contributed by atoms with van der Waals surface area (Å²) in [7, 11) is 0. The first-order chi connectivity index (χ1) is 12.5. The van der Waals surface area contributed by atoms with Crippen LogP contribution < -0.4 is 5.32 Å². The molecule has 1 unspecified atom stereocenters. The average molecular weight is 358 g/mol. The summed E-state index contributed by atoms with van der Waals surface area (Å²) in [5, 5.41) is 7.23. The zero-order valence-electron chi connectivity index (χ0n) is 16.1. The van der Waals surface area contributed by atoms with Gasteiger partial charge in [0.05, 0.1) is 17.0 Å². The molecule has 0 bridgehead atoms. The summed E-state index contributed by atoms with van der Waals surface area (Å²) >= 11 is 0. The van der Waals surface area contributed by atoms with Gasteiger partial charge in [-0.1, -0.05) is 12.1 Å². The predicted molar refractivity (Wildman–Crippen MR) is 102 cm³/mol. The Hall–Kier alpha value is -1.95. The highest BCUT2D eigenvalue weighted by atomic mass is 16.6. The number of amides is 1. The number of piperidine rings is 1. The fourth-order valence-electron chi connectivity index (χ4n) is 3.71. The lowest BCUT2D eigenvalue weighted by Gasteiger charge is -2.32. The Morgan fingerprint density at radius 1 is 1.31 bits per heavy atom. The molecule has 0 saturated carbocycles. The van der Waals surface area contributed by atoms with E-state index in [4.69, 9.17) is 4.84 Å². The van der Waals surface area contributed by atoms with Crippen molar-refractivity contribution in [2.24, 2.45) is 11.1 Å². The Morgan fingerprint density at radius 3 is 2.73 bits per heavy atom. The van der Waals surface area contributed by atoms with Crippen LogP contribution in [0.5, 0.6) is 0 Å². The molecule has 0 radical (unpaired) electrons. The van der Waals surface area contributed by atoms with Crippen LogP contribution in [-0.2, 0) is 4.84 Å². The van der Waals surface area contributed by atoms with Gasteiger partial charge in [0.1, 0.15) is 6.10 Å². The second kappa shape index (κ2) is 8.62. The van der Waals surface area contributed by atoms with Gasteiger partial charge >= 0.3 is 0 Å². The maximum Gasteiger partial charge on any atom is 0.253 e. The predicted octanol–water partition coefficient (Wildman–Crippen LogP) is 2.70. The molecule has 1 N–H and O–H groups in total. The van der Waals surface area contributed by atoms with Gasteiger partial charge in [0, 0.05) is 25.2 Å². The van der Waals surface area contributed by atoms with E-state index >= 15 is 0 Å². The van der Waals surface area contributed by atoms with E-state index in [1.807, 2.05) is 26.0 Å². The largest absolute Gasteiger partial charge is 0.391 e. The van der Waals surface area contributed by atoms with Crippen molar-refractivity contribution < 1.29 is 9.63 Å². The summed E-state index contributed by atoms with van der Waals surface area (Å²) in [6, 6.07) is 3.75. The molecule has 0 aliphatic carbocycles. The minimum absolute atomic E-state index is 0.0129. The van der Waals surface area contributed by atoms with Crippen molar-refractivity contribution in [1.29, 1.82) is 0 Å². The highest BCUT2D eigenvalue weighted by Gasteiger charge is 2.26. The first-order valence-electron chi connectivity index (χ1n) is 9.71. The molecule has 3 rings (SSSR count). The molecule has 0 spiro atoms. The van der Waals surface area contributed by atoms with Gasteiger partial charge in [0.15, 0.2) is 0 Å². The number of hydrogen-bond donors (Lipinski definition) is 1. The van der Waals surface area contributed by atoms with Crippen molar-refractivity contribution in [3.8, 4) is 0 Å². The highest BCUT2D eigenvalue weighted by Crippen LogP contribution is 2.20. The summed E-state index contributed by atoms with van der Waals surface area (Å²) in [4.78, 5) is 24.7. The van der Waals surface area contributed by atoms with E-state index in [0.29, 0.717) is 11.5 Å². The Kier molecular flexibility index (Phi) is 6.25. The lowest BCUT2D eigenvalue weighted by molar-refractivity contribution is 0.0419. The number of nitrogens with zero attached hydrogens (tertiary/aromatic N) is 3. The molecule has 0 aromatic carbocycles. The van der Waals surface area contributed by atoms with Crippen LogP contribution in [-0.4, -0.2) is 53.8 Å². The van der Waals surface area contributed by atoms with E-state index in [1.165, 1.54) is 5.71 Å². The number of hydrogen-bond acceptors (Lipinski definition) is 5. The van der Waals surface area contributed by atoms with Crippen LogP contribution in [0.25, 0.3) is 0 Å². The summed E-state index contributed by atoms with van der Waals surface area (Å²) in [6.07, 6.45) is 4.39. The van der Waals surface area contributed by atoms with Crippen molar-refractivity contribution in [2.75, 3.05) is 26.2 Å². The molecule has 1 atom stereocenters. The number of pyridine rings is 1. The minimum Gasteiger partial charge on any atom is -0.391 e. The SMILES string of the molecule is CCC1=NOC(CN2CCC(CNC(=O)c3ccc(C)nc3C)CC2)C1. The molecule has 1 aromatic heterocycles. The average Bonchev–Trinajstić information content (AvgIpc) is 3.08. The number of rotatable bonds is 6. The van der Waals surface area contributed by atoms with Gasteiger partial charge < -0.3 is 10.2 Å². The summed E-state index contributed by atoms with van der Waals surface area (Å²) in [5.41, 5.74) is 3.59. The van der Waals surface area contributed by atoms with Crippen LogP contribution in [0.2, 0.25) is 0 Å². The van der Waals surface area contributed by atoms with Crippen LogP contribution in [0, 0.1) is 19.8 Å². The molecule has 1 fully saturated rings. The number of oxime groups is 1. The molecule has 1 saturated heterocycles. The normalized spacial score (nSPS) is 21.3. The van der Waals surface area contributed by atoms with E-state index in [2.05, 4.69) is 27.3 Å². The first-order valence-corrected chi connectivity index (χ1v) is 9.71. The maximum atomic E-state index is 12.4. The number of carbonyl (C=O) groups excluding carboxylic acids is 1. The fourth-order valence-corrected chi connectivity index (χ4v) is 3.71. The molecule has 3 heterocycles. The number of aromatic nitrogens is 1. The maximum absolute atomic E-state index is 12.4. The number of carbonyl (C=O) groups is 1. The molecule has 6 heteroatoms. The highest BCUT2D eigenvalue weighted by molar-refractivity contribution is 5.95. The topological polar surface area (TPSA) is 66.8 Å². The molecule has 26 heavy (non-hydrogen) atoms. The molecule has 142 valence electrons. The fraction of sp³-hybridized carbons (Fsp3) is 0.650. The van der Waals surface area contributed by atoms with E-state index in [1.54, 1.807) is 0 Å². The number of likely N-dealkylation sites (tertiary alicyclic amines) is 1. The molecule has 2 aliphatic rings. The van der Waals surface area contributed by atoms with E-state index in [9.17, 15) is 4.79 Å².